The van der Waals surface area contributed by atoms with Crippen LogP contribution in [0.3, 0.4) is 0 Å². The Morgan fingerprint density at radius 2 is 2.16 bits per heavy atom. The van der Waals surface area contributed by atoms with Crippen LogP contribution in [0.5, 0.6) is 5.75 Å². The largest absolute Gasteiger partial charge is 0.492 e. The molecule has 0 saturated carbocycles. The third-order valence-corrected chi connectivity index (χ3v) is 5.08. The van der Waals surface area contributed by atoms with Crippen LogP contribution in [0.15, 0.2) is 24.3 Å². The SMILES string of the molecule is O=C(NCCc1nnc2n1CCCCC2)C1COc2ccccc2C1. The zero-order valence-electron chi connectivity index (χ0n) is 14.4. The van der Waals surface area contributed by atoms with Crippen molar-refractivity contribution in [1.29, 1.82) is 0 Å². The van der Waals surface area contributed by atoms with Gasteiger partial charge in [0.25, 0.3) is 0 Å². The molecule has 4 rings (SSSR count). The van der Waals surface area contributed by atoms with Crippen molar-refractivity contribution in [2.24, 2.45) is 5.92 Å². The maximum absolute atomic E-state index is 12.4. The number of rotatable bonds is 4. The average molecular weight is 340 g/mol. The van der Waals surface area contributed by atoms with Crippen molar-refractivity contribution in [1.82, 2.24) is 20.1 Å². The molecule has 3 heterocycles. The van der Waals surface area contributed by atoms with Gasteiger partial charge in [-0.05, 0) is 30.9 Å². The van der Waals surface area contributed by atoms with Crippen LogP contribution in [-0.2, 0) is 30.6 Å². The first-order valence-corrected chi connectivity index (χ1v) is 9.20. The summed E-state index contributed by atoms with van der Waals surface area (Å²) in [5, 5.41) is 11.7. The predicted octanol–water partition coefficient (Wildman–Crippen LogP) is 1.91. The van der Waals surface area contributed by atoms with Gasteiger partial charge < -0.3 is 14.6 Å². The Morgan fingerprint density at radius 3 is 3.12 bits per heavy atom. The maximum Gasteiger partial charge on any atom is 0.226 e. The van der Waals surface area contributed by atoms with E-state index in [1.54, 1.807) is 0 Å². The lowest BCUT2D eigenvalue weighted by Gasteiger charge is -2.24. The highest BCUT2D eigenvalue weighted by Gasteiger charge is 2.25. The molecule has 6 nitrogen and oxygen atoms in total. The van der Waals surface area contributed by atoms with Gasteiger partial charge >= 0.3 is 0 Å². The molecular formula is C19H24N4O2. The van der Waals surface area contributed by atoms with E-state index in [9.17, 15) is 4.79 Å². The lowest BCUT2D eigenvalue weighted by Crippen LogP contribution is -2.38. The van der Waals surface area contributed by atoms with E-state index in [1.807, 2.05) is 24.3 Å². The fourth-order valence-electron chi connectivity index (χ4n) is 3.67. The van der Waals surface area contributed by atoms with Crippen molar-refractivity contribution in [3.05, 3.63) is 41.5 Å². The predicted molar refractivity (Wildman–Crippen MR) is 93.4 cm³/mol. The average Bonchev–Trinajstić information content (AvgIpc) is 2.88. The second-order valence-electron chi connectivity index (χ2n) is 6.86. The van der Waals surface area contributed by atoms with Gasteiger partial charge in [0, 0.05) is 25.9 Å². The Kier molecular flexibility index (Phi) is 4.68. The van der Waals surface area contributed by atoms with E-state index >= 15 is 0 Å². The Labute approximate surface area is 147 Å². The van der Waals surface area contributed by atoms with Gasteiger partial charge in [-0.1, -0.05) is 24.6 Å². The number of ether oxygens (including phenoxy) is 1. The van der Waals surface area contributed by atoms with Gasteiger partial charge in [0.05, 0.1) is 5.92 Å². The van der Waals surface area contributed by atoms with E-state index in [2.05, 4.69) is 20.1 Å². The molecule has 25 heavy (non-hydrogen) atoms. The molecule has 1 unspecified atom stereocenters. The van der Waals surface area contributed by atoms with Crippen LogP contribution in [0.25, 0.3) is 0 Å². The smallest absolute Gasteiger partial charge is 0.226 e. The number of carbonyl (C=O) groups is 1. The van der Waals surface area contributed by atoms with Crippen LogP contribution in [0.2, 0.25) is 0 Å². The maximum atomic E-state index is 12.4. The zero-order valence-corrected chi connectivity index (χ0v) is 14.4. The molecule has 2 aliphatic heterocycles. The summed E-state index contributed by atoms with van der Waals surface area (Å²) in [6.45, 7) is 2.04. The summed E-state index contributed by atoms with van der Waals surface area (Å²) >= 11 is 0. The van der Waals surface area contributed by atoms with Crippen LogP contribution in [0.4, 0.5) is 0 Å². The quantitative estimate of drug-likeness (QED) is 0.923. The molecule has 0 fully saturated rings. The highest BCUT2D eigenvalue weighted by atomic mass is 16.5. The van der Waals surface area contributed by atoms with E-state index in [-0.39, 0.29) is 11.8 Å². The Morgan fingerprint density at radius 1 is 1.24 bits per heavy atom. The van der Waals surface area contributed by atoms with Gasteiger partial charge in [0.2, 0.25) is 5.91 Å². The van der Waals surface area contributed by atoms with Crippen LogP contribution >= 0.6 is 0 Å². The number of carbonyl (C=O) groups excluding carboxylic acids is 1. The Bertz CT molecular complexity index is 756. The number of para-hydroxylation sites is 1. The second-order valence-corrected chi connectivity index (χ2v) is 6.86. The highest BCUT2D eigenvalue weighted by molar-refractivity contribution is 5.79. The molecule has 1 amide bonds. The van der Waals surface area contributed by atoms with Crippen LogP contribution in [-0.4, -0.2) is 33.8 Å². The molecule has 0 radical (unpaired) electrons. The molecule has 1 N–H and O–H groups in total. The molecule has 1 aromatic heterocycles. The summed E-state index contributed by atoms with van der Waals surface area (Å²) in [5.74, 6) is 2.92. The van der Waals surface area contributed by atoms with Crippen molar-refractivity contribution in [2.45, 2.75) is 45.1 Å². The summed E-state index contributed by atoms with van der Waals surface area (Å²) in [7, 11) is 0. The number of aryl methyl sites for hydroxylation is 1. The molecule has 2 aliphatic rings. The standard InChI is InChI=1S/C19H24N4O2/c24-19(15-12-14-6-3-4-7-16(14)25-13-15)20-10-9-18-22-21-17-8-2-1-5-11-23(17)18/h3-4,6-7,15H,1-2,5,8-13H2,(H,20,24). The molecule has 0 saturated heterocycles. The van der Waals surface area contributed by atoms with Gasteiger partial charge in [-0.15, -0.1) is 10.2 Å². The van der Waals surface area contributed by atoms with E-state index in [0.717, 1.165) is 48.8 Å². The summed E-state index contributed by atoms with van der Waals surface area (Å²) in [5.41, 5.74) is 1.11. The van der Waals surface area contributed by atoms with Gasteiger partial charge in [-0.2, -0.15) is 0 Å². The molecule has 6 heteroatoms. The van der Waals surface area contributed by atoms with Crippen molar-refractivity contribution in [3.63, 3.8) is 0 Å². The Balaban J connectivity index is 1.31. The number of hydrogen-bond donors (Lipinski definition) is 1. The van der Waals surface area contributed by atoms with Crippen molar-refractivity contribution in [3.8, 4) is 5.75 Å². The first kappa shape index (κ1) is 16.1. The van der Waals surface area contributed by atoms with Gasteiger partial charge in [-0.25, -0.2) is 0 Å². The number of benzene rings is 1. The number of hydrogen-bond acceptors (Lipinski definition) is 4. The molecule has 2 aromatic rings. The van der Waals surface area contributed by atoms with E-state index in [4.69, 9.17) is 4.74 Å². The summed E-state index contributed by atoms with van der Waals surface area (Å²) in [6.07, 6.45) is 6.10. The van der Waals surface area contributed by atoms with Gasteiger partial charge in [0.1, 0.15) is 24.0 Å². The first-order valence-electron chi connectivity index (χ1n) is 9.20. The highest BCUT2D eigenvalue weighted by Crippen LogP contribution is 2.26. The summed E-state index contributed by atoms with van der Waals surface area (Å²) < 4.78 is 7.95. The van der Waals surface area contributed by atoms with E-state index in [1.165, 1.54) is 19.3 Å². The van der Waals surface area contributed by atoms with Crippen LogP contribution in [0.1, 0.15) is 36.5 Å². The van der Waals surface area contributed by atoms with E-state index < -0.39 is 0 Å². The normalized spacial score (nSPS) is 19.3. The lowest BCUT2D eigenvalue weighted by molar-refractivity contribution is -0.126. The van der Waals surface area contributed by atoms with Gasteiger partial charge in [-0.3, -0.25) is 4.79 Å². The topological polar surface area (TPSA) is 69.0 Å². The zero-order chi connectivity index (χ0) is 17.1. The third-order valence-electron chi connectivity index (χ3n) is 5.08. The molecule has 132 valence electrons. The molecule has 1 aromatic carbocycles. The third kappa shape index (κ3) is 3.52. The second kappa shape index (κ2) is 7.25. The lowest BCUT2D eigenvalue weighted by atomic mass is 9.96. The number of nitrogens with zero attached hydrogens (tertiary/aromatic N) is 3. The summed E-state index contributed by atoms with van der Waals surface area (Å²) in [6, 6.07) is 7.93. The van der Waals surface area contributed by atoms with E-state index in [0.29, 0.717) is 13.2 Å². The van der Waals surface area contributed by atoms with Crippen molar-refractivity contribution < 1.29 is 9.53 Å². The minimum Gasteiger partial charge on any atom is -0.492 e. The number of fused-ring (bicyclic) bond motifs is 2. The molecule has 0 bridgehead atoms. The van der Waals surface area contributed by atoms with Crippen LogP contribution in [0, 0.1) is 5.92 Å². The number of aromatic nitrogens is 3. The molecule has 0 aliphatic carbocycles. The van der Waals surface area contributed by atoms with Gasteiger partial charge in [0.15, 0.2) is 0 Å². The molecule has 0 spiro atoms. The molecule has 1 atom stereocenters. The number of nitrogens with one attached hydrogen (secondary N) is 1. The fourth-order valence-corrected chi connectivity index (χ4v) is 3.67. The van der Waals surface area contributed by atoms with Crippen molar-refractivity contribution >= 4 is 5.91 Å². The number of amides is 1. The monoisotopic (exact) mass is 340 g/mol. The first-order chi connectivity index (χ1) is 12.3. The minimum absolute atomic E-state index is 0.0603. The summed E-state index contributed by atoms with van der Waals surface area (Å²) in [4.78, 5) is 12.4. The molecular weight excluding hydrogens is 316 g/mol. The minimum atomic E-state index is -0.120. The Hall–Kier alpha value is -2.37. The fraction of sp³-hybridized carbons (Fsp3) is 0.526. The van der Waals surface area contributed by atoms with Crippen molar-refractivity contribution in [2.75, 3.05) is 13.2 Å². The van der Waals surface area contributed by atoms with Crippen LogP contribution < -0.4 is 10.1 Å².